The Kier molecular flexibility index (Phi) is 3.26. The fourth-order valence-corrected chi connectivity index (χ4v) is 4.02. The number of ketones is 1. The number of rotatable bonds is 1. The molecule has 1 saturated carbocycles. The van der Waals surface area contributed by atoms with Crippen LogP contribution >= 0.6 is 0 Å². The average molecular weight is 313 g/mol. The summed E-state index contributed by atoms with van der Waals surface area (Å²) in [6.45, 7) is 5.42. The Labute approximate surface area is 136 Å². The summed E-state index contributed by atoms with van der Waals surface area (Å²) in [6, 6.07) is 4.01. The number of hydrogen-bond donors (Lipinski definition) is 0. The molecule has 1 saturated heterocycles. The molecule has 4 heteroatoms. The summed E-state index contributed by atoms with van der Waals surface area (Å²) < 4.78 is 6.34. The van der Waals surface area contributed by atoms with Crippen molar-refractivity contribution in [2.45, 2.75) is 51.6 Å². The summed E-state index contributed by atoms with van der Waals surface area (Å²) in [6.07, 6.45) is 4.03. The van der Waals surface area contributed by atoms with E-state index < -0.39 is 5.60 Å². The van der Waals surface area contributed by atoms with Gasteiger partial charge in [0.1, 0.15) is 11.4 Å². The van der Waals surface area contributed by atoms with E-state index in [4.69, 9.17) is 4.74 Å². The Balaban J connectivity index is 1.55. The van der Waals surface area contributed by atoms with Crippen molar-refractivity contribution < 1.29 is 14.3 Å². The van der Waals surface area contributed by atoms with Gasteiger partial charge in [-0.3, -0.25) is 9.59 Å². The van der Waals surface area contributed by atoms with Crippen molar-refractivity contribution >= 4 is 11.7 Å². The number of hydrogen-bond acceptors (Lipinski definition) is 3. The molecule has 2 heterocycles. The van der Waals surface area contributed by atoms with E-state index >= 15 is 0 Å². The van der Waals surface area contributed by atoms with Crippen LogP contribution in [0.3, 0.4) is 0 Å². The maximum atomic E-state index is 12.7. The van der Waals surface area contributed by atoms with Crippen molar-refractivity contribution in [2.24, 2.45) is 5.92 Å². The van der Waals surface area contributed by atoms with E-state index in [1.165, 1.54) is 0 Å². The van der Waals surface area contributed by atoms with Crippen LogP contribution in [0.4, 0.5) is 0 Å². The first kappa shape index (κ1) is 14.7. The highest BCUT2D eigenvalue weighted by molar-refractivity contribution is 6.01. The number of nitrogens with zero attached hydrogens (tertiary/aromatic N) is 1. The van der Waals surface area contributed by atoms with Crippen molar-refractivity contribution in [3.8, 4) is 5.75 Å². The molecule has 2 aliphatic heterocycles. The largest absolute Gasteiger partial charge is 0.486 e. The zero-order valence-corrected chi connectivity index (χ0v) is 13.9. The van der Waals surface area contributed by atoms with Crippen LogP contribution in [0, 0.1) is 19.8 Å². The van der Waals surface area contributed by atoms with Crippen LogP contribution in [0.1, 0.15) is 53.6 Å². The molecule has 1 aromatic rings. The molecule has 23 heavy (non-hydrogen) atoms. The predicted octanol–water partition coefficient (Wildman–Crippen LogP) is 3.04. The van der Waals surface area contributed by atoms with Crippen LogP contribution < -0.4 is 4.74 Å². The zero-order valence-electron chi connectivity index (χ0n) is 13.9. The SMILES string of the molecule is Cc1cc(C)c2c(c1)OC1(CCN(C(=O)C3CC3)CC1)CC2=O. The number of carbonyl (C=O) groups excluding carboxylic acids is 2. The van der Waals surface area contributed by atoms with E-state index in [0.29, 0.717) is 25.4 Å². The minimum Gasteiger partial charge on any atom is -0.486 e. The lowest BCUT2D eigenvalue weighted by molar-refractivity contribution is -0.136. The fourth-order valence-electron chi connectivity index (χ4n) is 4.02. The topological polar surface area (TPSA) is 46.6 Å². The predicted molar refractivity (Wildman–Crippen MR) is 86.8 cm³/mol. The molecule has 2 fully saturated rings. The second-order valence-corrected chi connectivity index (χ2v) is 7.44. The Morgan fingerprint density at radius 3 is 2.57 bits per heavy atom. The van der Waals surface area contributed by atoms with E-state index in [9.17, 15) is 9.59 Å². The van der Waals surface area contributed by atoms with Crippen LogP contribution in [0.5, 0.6) is 5.75 Å². The second-order valence-electron chi connectivity index (χ2n) is 7.44. The van der Waals surface area contributed by atoms with E-state index in [2.05, 4.69) is 0 Å². The third-order valence-corrected chi connectivity index (χ3v) is 5.44. The quantitative estimate of drug-likeness (QED) is 0.800. The molecule has 0 aromatic heterocycles. The Hall–Kier alpha value is -1.84. The first-order chi connectivity index (χ1) is 11.0. The van der Waals surface area contributed by atoms with E-state index in [1.807, 2.05) is 30.9 Å². The van der Waals surface area contributed by atoms with E-state index in [-0.39, 0.29) is 11.7 Å². The van der Waals surface area contributed by atoms with Gasteiger partial charge in [0.2, 0.25) is 5.91 Å². The van der Waals surface area contributed by atoms with Crippen molar-refractivity contribution in [1.82, 2.24) is 4.90 Å². The van der Waals surface area contributed by atoms with Gasteiger partial charge >= 0.3 is 0 Å². The van der Waals surface area contributed by atoms with Gasteiger partial charge in [0.25, 0.3) is 0 Å². The smallest absolute Gasteiger partial charge is 0.225 e. The summed E-state index contributed by atoms with van der Waals surface area (Å²) in [7, 11) is 0. The van der Waals surface area contributed by atoms with Gasteiger partial charge in [0.15, 0.2) is 5.78 Å². The molecule has 4 nitrogen and oxygen atoms in total. The van der Waals surface area contributed by atoms with Crippen molar-refractivity contribution in [2.75, 3.05) is 13.1 Å². The van der Waals surface area contributed by atoms with Gasteiger partial charge in [0.05, 0.1) is 12.0 Å². The molecule has 4 rings (SSSR count). The molecule has 3 aliphatic rings. The van der Waals surface area contributed by atoms with Gasteiger partial charge in [-0.15, -0.1) is 0 Å². The normalized spacial score (nSPS) is 22.7. The fraction of sp³-hybridized carbons (Fsp3) is 0.579. The first-order valence-electron chi connectivity index (χ1n) is 8.60. The lowest BCUT2D eigenvalue weighted by Gasteiger charge is -2.44. The van der Waals surface area contributed by atoms with Gasteiger partial charge in [0, 0.05) is 31.8 Å². The highest BCUT2D eigenvalue weighted by Gasteiger charge is 2.45. The molecule has 0 bridgehead atoms. The summed E-state index contributed by atoms with van der Waals surface area (Å²) in [5.41, 5.74) is 2.45. The van der Waals surface area contributed by atoms with Crippen molar-refractivity contribution in [3.63, 3.8) is 0 Å². The van der Waals surface area contributed by atoms with Crippen molar-refractivity contribution in [1.29, 1.82) is 0 Å². The molecule has 0 radical (unpaired) electrons. The summed E-state index contributed by atoms with van der Waals surface area (Å²) in [4.78, 5) is 26.8. The molecule has 1 spiro atoms. The highest BCUT2D eigenvalue weighted by Crippen LogP contribution is 2.42. The Bertz CT molecular complexity index is 682. The third-order valence-electron chi connectivity index (χ3n) is 5.44. The van der Waals surface area contributed by atoms with Gasteiger partial charge in [-0.1, -0.05) is 6.07 Å². The van der Waals surface area contributed by atoms with Crippen LogP contribution in [0.2, 0.25) is 0 Å². The molecule has 1 amide bonds. The van der Waals surface area contributed by atoms with Gasteiger partial charge in [-0.2, -0.15) is 0 Å². The summed E-state index contributed by atoms with van der Waals surface area (Å²) >= 11 is 0. The number of aryl methyl sites for hydroxylation is 2. The monoisotopic (exact) mass is 313 g/mol. The number of likely N-dealkylation sites (tertiary alicyclic amines) is 1. The Morgan fingerprint density at radius 1 is 1.22 bits per heavy atom. The highest BCUT2D eigenvalue weighted by atomic mass is 16.5. The number of piperidine rings is 1. The lowest BCUT2D eigenvalue weighted by Crippen LogP contribution is -2.52. The number of carbonyl (C=O) groups is 2. The molecule has 1 aromatic carbocycles. The van der Waals surface area contributed by atoms with E-state index in [0.717, 1.165) is 48.1 Å². The molecule has 0 unspecified atom stereocenters. The molecule has 1 aliphatic carbocycles. The van der Waals surface area contributed by atoms with E-state index in [1.54, 1.807) is 0 Å². The molecular formula is C19H23NO3. The van der Waals surface area contributed by atoms with Crippen LogP contribution in [0.25, 0.3) is 0 Å². The number of amides is 1. The van der Waals surface area contributed by atoms with Crippen molar-refractivity contribution in [3.05, 3.63) is 28.8 Å². The number of ether oxygens (including phenoxy) is 1. The first-order valence-corrected chi connectivity index (χ1v) is 8.60. The number of Topliss-reactive ketones (excluding diaryl/α,β-unsaturated/α-hetero) is 1. The summed E-state index contributed by atoms with van der Waals surface area (Å²) in [5, 5.41) is 0. The number of fused-ring (bicyclic) bond motifs is 1. The minimum atomic E-state index is -0.412. The molecule has 0 atom stereocenters. The van der Waals surface area contributed by atoms with Crippen LogP contribution in [0.15, 0.2) is 12.1 Å². The minimum absolute atomic E-state index is 0.186. The van der Waals surface area contributed by atoms with Gasteiger partial charge in [-0.25, -0.2) is 0 Å². The van der Waals surface area contributed by atoms with Crippen LogP contribution in [-0.2, 0) is 4.79 Å². The average Bonchev–Trinajstić information content (AvgIpc) is 3.30. The maximum Gasteiger partial charge on any atom is 0.225 e. The van der Waals surface area contributed by atoms with Crippen LogP contribution in [-0.4, -0.2) is 35.3 Å². The summed E-state index contributed by atoms with van der Waals surface area (Å²) in [5.74, 6) is 1.49. The molecule has 122 valence electrons. The van der Waals surface area contributed by atoms with Gasteiger partial charge in [-0.05, 0) is 43.9 Å². The van der Waals surface area contributed by atoms with Gasteiger partial charge < -0.3 is 9.64 Å². The number of benzene rings is 1. The maximum absolute atomic E-state index is 12.7. The zero-order chi connectivity index (χ0) is 16.2. The molecular weight excluding hydrogens is 290 g/mol. The third kappa shape index (κ3) is 2.54. The second kappa shape index (κ2) is 5.08. The molecule has 0 N–H and O–H groups in total. The Morgan fingerprint density at radius 2 is 1.91 bits per heavy atom. The lowest BCUT2D eigenvalue weighted by atomic mass is 9.81. The standard InChI is InChI=1S/C19H23NO3/c1-12-9-13(2)17-15(21)11-19(23-16(17)10-12)5-7-20(8-6-19)18(22)14-3-4-14/h9-10,14H,3-8,11H2,1-2H3.